The summed E-state index contributed by atoms with van der Waals surface area (Å²) in [4.78, 5) is 11.9. The Morgan fingerprint density at radius 1 is 1.53 bits per heavy atom. The number of amides is 1. The van der Waals surface area contributed by atoms with E-state index in [1.54, 1.807) is 18.2 Å². The molecule has 2 rings (SSSR count). The fourth-order valence-corrected chi connectivity index (χ4v) is 2.79. The second kappa shape index (κ2) is 4.62. The van der Waals surface area contributed by atoms with Gasteiger partial charge in [0.15, 0.2) is 0 Å². The van der Waals surface area contributed by atoms with Gasteiger partial charge in [-0.3, -0.25) is 4.79 Å². The van der Waals surface area contributed by atoms with Gasteiger partial charge in [0.1, 0.15) is 0 Å². The largest absolute Gasteiger partial charge is 0.352 e. The Labute approximate surface area is 115 Å². The Kier molecular flexibility index (Phi) is 3.50. The molecule has 1 atom stereocenters. The number of carbonyl (C=O) groups is 1. The molecule has 0 aromatic heterocycles. The molecule has 1 aliphatic carbocycles. The zero-order chi connectivity index (χ0) is 12.6. The van der Waals surface area contributed by atoms with Crippen molar-refractivity contribution in [3.63, 3.8) is 0 Å². The Morgan fingerprint density at radius 2 is 2.18 bits per heavy atom. The van der Waals surface area contributed by atoms with Crippen molar-refractivity contribution in [2.24, 2.45) is 11.3 Å². The minimum absolute atomic E-state index is 0.0594. The number of carbonyl (C=O) groups excluding carboxylic acids is 1. The topological polar surface area (TPSA) is 29.1 Å². The third kappa shape index (κ3) is 3.23. The number of hydrogen-bond acceptors (Lipinski definition) is 1. The molecule has 1 fully saturated rings. The quantitative estimate of drug-likeness (QED) is 0.901. The third-order valence-electron chi connectivity index (χ3n) is 3.35. The third-order valence-corrected chi connectivity index (χ3v) is 4.03. The first-order valence-electron chi connectivity index (χ1n) is 5.63. The molecule has 0 saturated heterocycles. The lowest BCUT2D eigenvalue weighted by Crippen LogP contribution is -2.26. The van der Waals surface area contributed by atoms with Gasteiger partial charge in [-0.1, -0.05) is 41.4 Å². The van der Waals surface area contributed by atoms with Crippen molar-refractivity contribution in [1.82, 2.24) is 5.32 Å². The molecular weight excluding hydrogens is 302 g/mol. The summed E-state index contributed by atoms with van der Waals surface area (Å²) >= 11 is 9.23. The average Bonchev–Trinajstić information content (AvgIpc) is 2.81. The molecule has 1 unspecified atom stereocenters. The monoisotopic (exact) mass is 315 g/mol. The molecule has 0 heterocycles. The van der Waals surface area contributed by atoms with E-state index in [4.69, 9.17) is 11.6 Å². The molecule has 1 saturated carbocycles. The summed E-state index contributed by atoms with van der Waals surface area (Å²) in [6, 6.07) is 5.22. The van der Waals surface area contributed by atoms with Crippen molar-refractivity contribution >= 4 is 33.4 Å². The van der Waals surface area contributed by atoms with E-state index in [0.717, 1.165) is 11.0 Å². The van der Waals surface area contributed by atoms with E-state index in [2.05, 4.69) is 35.1 Å². The van der Waals surface area contributed by atoms with Crippen LogP contribution in [-0.2, 0) is 0 Å². The van der Waals surface area contributed by atoms with Gasteiger partial charge < -0.3 is 5.32 Å². The van der Waals surface area contributed by atoms with Crippen LogP contribution in [0.15, 0.2) is 22.7 Å². The highest BCUT2D eigenvalue weighted by Gasteiger charge is 2.45. The van der Waals surface area contributed by atoms with Gasteiger partial charge in [0, 0.05) is 21.6 Å². The first kappa shape index (κ1) is 12.9. The van der Waals surface area contributed by atoms with Gasteiger partial charge >= 0.3 is 0 Å². The minimum Gasteiger partial charge on any atom is -0.352 e. The molecule has 1 aromatic carbocycles. The highest BCUT2D eigenvalue weighted by atomic mass is 79.9. The van der Waals surface area contributed by atoms with Crippen molar-refractivity contribution in [2.45, 2.75) is 20.3 Å². The van der Waals surface area contributed by atoms with Gasteiger partial charge in [-0.2, -0.15) is 0 Å². The van der Waals surface area contributed by atoms with Crippen LogP contribution in [0.1, 0.15) is 30.6 Å². The molecule has 0 radical (unpaired) electrons. The summed E-state index contributed by atoms with van der Waals surface area (Å²) < 4.78 is 0.821. The number of nitrogens with one attached hydrogen (secondary N) is 1. The van der Waals surface area contributed by atoms with Crippen LogP contribution in [-0.4, -0.2) is 12.5 Å². The van der Waals surface area contributed by atoms with Crippen molar-refractivity contribution in [3.05, 3.63) is 33.3 Å². The molecule has 92 valence electrons. The predicted octanol–water partition coefficient (Wildman–Crippen LogP) is 3.88. The van der Waals surface area contributed by atoms with Gasteiger partial charge in [-0.25, -0.2) is 0 Å². The molecule has 0 spiro atoms. The van der Waals surface area contributed by atoms with E-state index < -0.39 is 0 Å². The SMILES string of the molecule is CC1(C)CC1CNC(=O)c1cc(Cl)cc(Br)c1. The first-order chi connectivity index (χ1) is 7.88. The lowest BCUT2D eigenvalue weighted by molar-refractivity contribution is 0.0950. The fraction of sp³-hybridized carbons (Fsp3) is 0.462. The zero-order valence-electron chi connectivity index (χ0n) is 9.89. The predicted molar refractivity (Wildman–Crippen MR) is 73.4 cm³/mol. The van der Waals surface area contributed by atoms with Crippen molar-refractivity contribution in [3.8, 4) is 0 Å². The van der Waals surface area contributed by atoms with Crippen LogP contribution in [0, 0.1) is 11.3 Å². The Morgan fingerprint density at radius 3 is 2.71 bits per heavy atom. The summed E-state index contributed by atoms with van der Waals surface area (Å²) in [5, 5.41) is 3.52. The Hall–Kier alpha value is -0.540. The van der Waals surface area contributed by atoms with Gasteiger partial charge in [-0.15, -0.1) is 0 Å². The standard InChI is InChI=1S/C13H15BrClNO/c1-13(2)6-9(13)7-16-12(17)8-3-10(14)5-11(15)4-8/h3-5,9H,6-7H2,1-2H3,(H,16,17). The molecule has 2 nitrogen and oxygen atoms in total. The molecule has 0 aliphatic heterocycles. The number of benzene rings is 1. The van der Waals surface area contributed by atoms with Gasteiger partial charge in [-0.05, 0) is 36.0 Å². The normalized spacial score (nSPS) is 21.1. The fourth-order valence-electron chi connectivity index (χ4n) is 1.93. The zero-order valence-corrected chi connectivity index (χ0v) is 12.2. The average molecular weight is 317 g/mol. The van der Waals surface area contributed by atoms with Gasteiger partial charge in [0.2, 0.25) is 0 Å². The maximum absolute atomic E-state index is 11.9. The Bertz CT molecular complexity index is 438. The van der Waals surface area contributed by atoms with E-state index >= 15 is 0 Å². The Balaban J connectivity index is 1.95. The van der Waals surface area contributed by atoms with E-state index in [-0.39, 0.29) is 5.91 Å². The van der Waals surface area contributed by atoms with E-state index in [1.807, 2.05) is 0 Å². The summed E-state index contributed by atoms with van der Waals surface area (Å²) in [7, 11) is 0. The first-order valence-corrected chi connectivity index (χ1v) is 6.80. The van der Waals surface area contributed by atoms with E-state index in [0.29, 0.717) is 21.9 Å². The molecule has 1 aliphatic rings. The van der Waals surface area contributed by atoms with Crippen LogP contribution in [0.2, 0.25) is 5.02 Å². The van der Waals surface area contributed by atoms with Crippen LogP contribution in [0.5, 0.6) is 0 Å². The van der Waals surface area contributed by atoms with E-state index in [1.165, 1.54) is 6.42 Å². The van der Waals surface area contributed by atoms with Crippen molar-refractivity contribution < 1.29 is 4.79 Å². The van der Waals surface area contributed by atoms with Crippen LogP contribution < -0.4 is 5.32 Å². The van der Waals surface area contributed by atoms with Crippen LogP contribution in [0.25, 0.3) is 0 Å². The summed E-state index contributed by atoms with van der Waals surface area (Å²) in [6.07, 6.45) is 1.19. The van der Waals surface area contributed by atoms with Gasteiger partial charge in [0.05, 0.1) is 0 Å². The number of hydrogen-bond donors (Lipinski definition) is 1. The van der Waals surface area contributed by atoms with Crippen molar-refractivity contribution in [1.29, 1.82) is 0 Å². The molecule has 1 aromatic rings. The lowest BCUT2D eigenvalue weighted by atomic mass is 10.1. The summed E-state index contributed by atoms with van der Waals surface area (Å²) in [5.74, 6) is 0.546. The minimum atomic E-state index is -0.0594. The van der Waals surface area contributed by atoms with E-state index in [9.17, 15) is 4.79 Å². The molecule has 0 bridgehead atoms. The smallest absolute Gasteiger partial charge is 0.251 e. The molecule has 1 N–H and O–H groups in total. The van der Waals surface area contributed by atoms with Crippen LogP contribution in [0.3, 0.4) is 0 Å². The molecule has 4 heteroatoms. The molecular formula is C13H15BrClNO. The number of rotatable bonds is 3. The van der Waals surface area contributed by atoms with Crippen molar-refractivity contribution in [2.75, 3.05) is 6.54 Å². The molecule has 1 amide bonds. The van der Waals surface area contributed by atoms with Crippen LogP contribution in [0.4, 0.5) is 0 Å². The molecule has 17 heavy (non-hydrogen) atoms. The highest BCUT2D eigenvalue weighted by Crippen LogP contribution is 2.50. The summed E-state index contributed by atoms with van der Waals surface area (Å²) in [6.45, 7) is 5.19. The maximum atomic E-state index is 11.9. The maximum Gasteiger partial charge on any atom is 0.251 e. The summed E-state index contributed by atoms with van der Waals surface area (Å²) in [5.41, 5.74) is 0.991. The second-order valence-electron chi connectivity index (χ2n) is 5.26. The highest BCUT2D eigenvalue weighted by molar-refractivity contribution is 9.10. The second-order valence-corrected chi connectivity index (χ2v) is 6.61. The van der Waals surface area contributed by atoms with Crippen LogP contribution >= 0.6 is 27.5 Å². The number of halogens is 2. The van der Waals surface area contributed by atoms with Gasteiger partial charge in [0.25, 0.3) is 5.91 Å². The lowest BCUT2D eigenvalue weighted by Gasteiger charge is -2.07.